The Kier molecular flexibility index (Phi) is 3.79. The number of carbonyl (C=O) groups excluding carboxylic acids is 2. The highest BCUT2D eigenvalue weighted by atomic mass is 32.1. The second kappa shape index (κ2) is 5.79. The van der Waals surface area contributed by atoms with E-state index in [1.54, 1.807) is 24.4 Å². The minimum absolute atomic E-state index is 0.153. The van der Waals surface area contributed by atoms with E-state index in [9.17, 15) is 19.6 Å². The number of fused-ring (bicyclic) bond motifs is 3. The number of esters is 2. The molecule has 0 saturated carbocycles. The van der Waals surface area contributed by atoms with Crippen molar-refractivity contribution < 1.29 is 19.1 Å². The Labute approximate surface area is 139 Å². The number of carbonyl (C=O) groups is 2. The fourth-order valence-corrected chi connectivity index (χ4v) is 3.69. The molecule has 0 fully saturated rings. The van der Waals surface area contributed by atoms with Gasteiger partial charge < -0.3 is 13.9 Å². The van der Waals surface area contributed by atoms with Crippen molar-refractivity contribution in [2.75, 3.05) is 14.2 Å². The van der Waals surface area contributed by atoms with E-state index in [2.05, 4.69) is 9.47 Å². The highest BCUT2D eigenvalue weighted by Crippen LogP contribution is 2.31. The van der Waals surface area contributed by atoms with E-state index in [-0.39, 0.29) is 16.0 Å². The SMILES string of the molecule is COC(=O)c1sc2c(C#N)c3ccccn3c2c(=O)c1C(=O)OC. The first kappa shape index (κ1) is 15.7. The normalized spacial score (nSPS) is 10.5. The summed E-state index contributed by atoms with van der Waals surface area (Å²) in [6.07, 6.45) is 1.62. The van der Waals surface area contributed by atoms with E-state index in [0.717, 1.165) is 25.6 Å². The smallest absolute Gasteiger partial charge is 0.349 e. The number of pyridine rings is 1. The fraction of sp³-hybridized carbons (Fsp3) is 0.125. The molecular formula is C16H10N2O5S. The van der Waals surface area contributed by atoms with Crippen LogP contribution in [0.2, 0.25) is 0 Å². The van der Waals surface area contributed by atoms with Crippen LogP contribution < -0.4 is 5.43 Å². The summed E-state index contributed by atoms with van der Waals surface area (Å²) in [7, 11) is 2.26. The molecule has 0 radical (unpaired) electrons. The van der Waals surface area contributed by atoms with Gasteiger partial charge >= 0.3 is 11.9 Å². The third-order valence-corrected chi connectivity index (χ3v) is 4.72. The van der Waals surface area contributed by atoms with E-state index in [0.29, 0.717) is 10.2 Å². The van der Waals surface area contributed by atoms with Crippen molar-refractivity contribution >= 4 is 39.0 Å². The molecule has 0 bridgehead atoms. The highest BCUT2D eigenvalue weighted by molar-refractivity contribution is 7.20. The number of aromatic nitrogens is 1. The zero-order chi connectivity index (χ0) is 17.4. The van der Waals surface area contributed by atoms with Crippen LogP contribution in [0.1, 0.15) is 25.6 Å². The summed E-state index contributed by atoms with van der Waals surface area (Å²) in [6.45, 7) is 0. The number of nitrogens with zero attached hydrogens (tertiary/aromatic N) is 2. The Morgan fingerprint density at radius 2 is 1.92 bits per heavy atom. The van der Waals surface area contributed by atoms with Crippen molar-refractivity contribution in [2.45, 2.75) is 0 Å². The molecule has 0 spiro atoms. The van der Waals surface area contributed by atoms with Crippen molar-refractivity contribution in [2.24, 2.45) is 0 Å². The third kappa shape index (κ3) is 2.06. The second-order valence-corrected chi connectivity index (χ2v) is 5.76. The molecule has 0 atom stereocenters. The highest BCUT2D eigenvalue weighted by Gasteiger charge is 2.28. The average Bonchev–Trinajstić information content (AvgIpc) is 2.93. The van der Waals surface area contributed by atoms with E-state index in [1.165, 1.54) is 4.40 Å². The van der Waals surface area contributed by atoms with Crippen molar-refractivity contribution in [3.05, 3.63) is 50.6 Å². The molecule has 3 aromatic heterocycles. The first-order valence-electron chi connectivity index (χ1n) is 6.71. The molecule has 3 aromatic rings. The molecule has 0 N–H and O–H groups in total. The van der Waals surface area contributed by atoms with Crippen molar-refractivity contribution in [1.29, 1.82) is 5.26 Å². The van der Waals surface area contributed by atoms with Crippen LogP contribution in [0.5, 0.6) is 0 Å². The van der Waals surface area contributed by atoms with Crippen molar-refractivity contribution in [1.82, 2.24) is 4.40 Å². The molecule has 0 aromatic carbocycles. The van der Waals surface area contributed by atoms with Gasteiger partial charge in [-0.1, -0.05) is 6.07 Å². The van der Waals surface area contributed by atoms with E-state index in [1.807, 2.05) is 6.07 Å². The maximum Gasteiger partial charge on any atom is 0.349 e. The van der Waals surface area contributed by atoms with Gasteiger partial charge in [0.2, 0.25) is 5.43 Å². The first-order chi connectivity index (χ1) is 11.5. The van der Waals surface area contributed by atoms with Gasteiger partial charge in [-0.3, -0.25) is 4.79 Å². The molecule has 0 saturated heterocycles. The maximum atomic E-state index is 12.9. The lowest BCUT2D eigenvalue weighted by atomic mass is 10.2. The molecule has 0 amide bonds. The fourth-order valence-electron chi connectivity index (χ4n) is 2.50. The molecule has 0 aliphatic heterocycles. The van der Waals surface area contributed by atoms with Gasteiger partial charge in [0.1, 0.15) is 22.0 Å². The number of nitriles is 1. The van der Waals surface area contributed by atoms with Gasteiger partial charge in [0, 0.05) is 6.20 Å². The number of rotatable bonds is 2. The zero-order valence-electron chi connectivity index (χ0n) is 12.7. The summed E-state index contributed by atoms with van der Waals surface area (Å²) >= 11 is 0.862. The molecule has 7 nitrogen and oxygen atoms in total. The summed E-state index contributed by atoms with van der Waals surface area (Å²) in [4.78, 5) is 36.7. The summed E-state index contributed by atoms with van der Waals surface area (Å²) < 4.78 is 11.1. The van der Waals surface area contributed by atoms with Crippen LogP contribution in [0.3, 0.4) is 0 Å². The summed E-state index contributed by atoms with van der Waals surface area (Å²) in [5.74, 6) is -1.76. The minimum Gasteiger partial charge on any atom is -0.465 e. The van der Waals surface area contributed by atoms with Crippen LogP contribution in [-0.2, 0) is 9.47 Å². The quantitative estimate of drug-likeness (QED) is 0.660. The van der Waals surface area contributed by atoms with Crippen LogP contribution in [0.4, 0.5) is 0 Å². The van der Waals surface area contributed by atoms with Crippen LogP contribution in [0.25, 0.3) is 15.7 Å². The Morgan fingerprint density at radius 3 is 2.54 bits per heavy atom. The molecule has 3 rings (SSSR count). The van der Waals surface area contributed by atoms with Crippen LogP contribution >= 0.6 is 11.3 Å². The predicted molar refractivity (Wildman–Crippen MR) is 86.4 cm³/mol. The Balaban J connectivity index is 2.61. The topological polar surface area (TPSA) is 97.9 Å². The zero-order valence-corrected chi connectivity index (χ0v) is 13.5. The molecule has 0 aliphatic carbocycles. The molecular weight excluding hydrogens is 332 g/mol. The monoisotopic (exact) mass is 342 g/mol. The van der Waals surface area contributed by atoms with Gasteiger partial charge in [-0.2, -0.15) is 5.26 Å². The van der Waals surface area contributed by atoms with Crippen LogP contribution in [0, 0.1) is 11.3 Å². The van der Waals surface area contributed by atoms with Gasteiger partial charge in [0.05, 0.1) is 30.0 Å². The largest absolute Gasteiger partial charge is 0.465 e. The lowest BCUT2D eigenvalue weighted by molar-refractivity contribution is 0.0558. The van der Waals surface area contributed by atoms with Crippen molar-refractivity contribution in [3.8, 4) is 6.07 Å². The number of methoxy groups -OCH3 is 2. The Hall–Kier alpha value is -3.18. The number of hydrogen-bond acceptors (Lipinski definition) is 7. The summed E-state index contributed by atoms with van der Waals surface area (Å²) in [5, 5.41) is 9.46. The standard InChI is InChI=1S/C16H10N2O5S/c1-22-15(20)10-12(19)11-13(24-14(10)16(21)23-2)8(7-17)9-5-3-4-6-18(9)11/h3-6H,1-2H3. The maximum absolute atomic E-state index is 12.9. The lowest BCUT2D eigenvalue weighted by Gasteiger charge is -2.05. The first-order valence-corrected chi connectivity index (χ1v) is 7.53. The Morgan fingerprint density at radius 1 is 1.21 bits per heavy atom. The molecule has 3 heterocycles. The van der Waals surface area contributed by atoms with Crippen molar-refractivity contribution in [3.63, 3.8) is 0 Å². The van der Waals surface area contributed by atoms with E-state index >= 15 is 0 Å². The molecule has 0 unspecified atom stereocenters. The molecule has 24 heavy (non-hydrogen) atoms. The second-order valence-electron chi connectivity index (χ2n) is 4.74. The average molecular weight is 342 g/mol. The van der Waals surface area contributed by atoms with Gasteiger partial charge in [-0.15, -0.1) is 11.3 Å². The van der Waals surface area contributed by atoms with E-state index in [4.69, 9.17) is 0 Å². The van der Waals surface area contributed by atoms with Crippen LogP contribution in [-0.4, -0.2) is 30.6 Å². The Bertz CT molecular complexity index is 1100. The van der Waals surface area contributed by atoms with E-state index < -0.39 is 22.9 Å². The molecule has 0 aliphatic rings. The number of ether oxygens (including phenoxy) is 2. The third-order valence-electron chi connectivity index (χ3n) is 3.54. The van der Waals surface area contributed by atoms with Gasteiger partial charge in [0.25, 0.3) is 0 Å². The van der Waals surface area contributed by atoms with Crippen LogP contribution in [0.15, 0.2) is 29.2 Å². The predicted octanol–water partition coefficient (Wildman–Crippen LogP) is 1.96. The molecule has 120 valence electrons. The minimum atomic E-state index is -0.928. The molecule has 8 heteroatoms. The van der Waals surface area contributed by atoms with Gasteiger partial charge in [-0.25, -0.2) is 9.59 Å². The lowest BCUT2D eigenvalue weighted by Crippen LogP contribution is -2.22. The summed E-state index contributed by atoms with van der Waals surface area (Å²) in [5.41, 5.74) is -0.149. The van der Waals surface area contributed by atoms with Gasteiger partial charge in [0.15, 0.2) is 0 Å². The van der Waals surface area contributed by atoms with Gasteiger partial charge in [-0.05, 0) is 12.1 Å². The summed E-state index contributed by atoms with van der Waals surface area (Å²) in [6, 6.07) is 7.16. The number of hydrogen-bond donors (Lipinski definition) is 0.